The number of benzene rings is 2. The first kappa shape index (κ1) is 39.4. The first-order chi connectivity index (χ1) is 27.4. The molecular weight excluding hydrogens is 729 g/mol. The molecule has 0 unspecified atom stereocenters. The lowest BCUT2D eigenvalue weighted by Crippen LogP contribution is -2.51. The van der Waals surface area contributed by atoms with Gasteiger partial charge < -0.3 is 44.6 Å². The van der Waals surface area contributed by atoms with Crippen LogP contribution in [0.5, 0.6) is 11.5 Å². The average Bonchev–Trinajstić information content (AvgIpc) is 4.04. The number of alkyl carbamates (subject to hydrolysis) is 2. The van der Waals surface area contributed by atoms with Gasteiger partial charge in [-0.15, -0.1) is 0 Å². The normalized spacial score (nSPS) is 18.7. The number of carbonyl (C=O) groups is 4. The second kappa shape index (κ2) is 16.7. The van der Waals surface area contributed by atoms with Crippen LogP contribution in [0.4, 0.5) is 9.59 Å². The van der Waals surface area contributed by atoms with Crippen molar-refractivity contribution in [1.82, 2.24) is 40.4 Å². The fraction of sp³-hybridized carbons (Fsp3) is 0.476. The summed E-state index contributed by atoms with van der Waals surface area (Å²) in [6.07, 6.45) is 7.13. The number of carbonyl (C=O) groups excluding carboxylic acids is 4. The molecule has 2 aromatic carbocycles. The summed E-state index contributed by atoms with van der Waals surface area (Å²) in [5.74, 6) is 2.45. The van der Waals surface area contributed by atoms with Gasteiger partial charge in [0.25, 0.3) is 0 Å². The summed E-state index contributed by atoms with van der Waals surface area (Å²) in [6.45, 7) is 8.76. The number of hydrogen-bond acceptors (Lipinski definition) is 9. The van der Waals surface area contributed by atoms with Crippen molar-refractivity contribution in [3.8, 4) is 34.0 Å². The number of amides is 4. The summed E-state index contributed by atoms with van der Waals surface area (Å²) in [4.78, 5) is 71.2. The number of hydrogen-bond donors (Lipinski definition) is 4. The van der Waals surface area contributed by atoms with E-state index in [1.807, 2.05) is 57.0 Å². The fourth-order valence-electron chi connectivity index (χ4n) is 8.14. The van der Waals surface area contributed by atoms with Crippen LogP contribution in [0.1, 0.15) is 88.2 Å². The minimum atomic E-state index is -0.702. The molecule has 302 valence electrons. The molecule has 15 heteroatoms. The van der Waals surface area contributed by atoms with Crippen molar-refractivity contribution in [2.75, 3.05) is 27.3 Å². The van der Waals surface area contributed by atoms with Gasteiger partial charge in [0, 0.05) is 24.2 Å². The predicted octanol–water partition coefficient (Wildman–Crippen LogP) is 6.45. The maximum atomic E-state index is 13.6. The van der Waals surface area contributed by atoms with E-state index in [2.05, 4.69) is 38.8 Å². The van der Waals surface area contributed by atoms with Gasteiger partial charge in [0.05, 0.1) is 50.1 Å². The van der Waals surface area contributed by atoms with Crippen LogP contribution < -0.4 is 15.4 Å². The first-order valence-corrected chi connectivity index (χ1v) is 19.8. The predicted molar refractivity (Wildman–Crippen MR) is 211 cm³/mol. The smallest absolute Gasteiger partial charge is 0.407 e. The Labute approximate surface area is 332 Å². The van der Waals surface area contributed by atoms with Crippen LogP contribution in [0.15, 0.2) is 48.8 Å². The maximum absolute atomic E-state index is 13.6. The number of ether oxygens (including phenoxy) is 3. The van der Waals surface area contributed by atoms with Crippen LogP contribution in [0.2, 0.25) is 0 Å². The second-order valence-corrected chi connectivity index (χ2v) is 15.7. The molecule has 4 N–H and O–H groups in total. The van der Waals surface area contributed by atoms with Crippen molar-refractivity contribution in [3.05, 3.63) is 71.6 Å². The molecule has 5 heterocycles. The second-order valence-electron chi connectivity index (χ2n) is 15.7. The maximum Gasteiger partial charge on any atom is 0.407 e. The van der Waals surface area contributed by atoms with E-state index in [-0.39, 0.29) is 35.7 Å². The minimum absolute atomic E-state index is 0.114. The van der Waals surface area contributed by atoms with Crippen LogP contribution >= 0.6 is 0 Å². The molecule has 0 radical (unpaired) electrons. The van der Waals surface area contributed by atoms with Gasteiger partial charge in [0.15, 0.2) is 0 Å². The molecule has 57 heavy (non-hydrogen) atoms. The number of imidazole rings is 2. The zero-order valence-corrected chi connectivity index (χ0v) is 33.4. The topological polar surface area (TPSA) is 184 Å². The van der Waals surface area contributed by atoms with E-state index in [4.69, 9.17) is 24.2 Å². The Balaban J connectivity index is 1.05. The van der Waals surface area contributed by atoms with Gasteiger partial charge in [0.2, 0.25) is 11.8 Å². The Bertz CT molecular complexity index is 2130. The highest BCUT2D eigenvalue weighted by Gasteiger charge is 2.39. The largest absolute Gasteiger partial charge is 0.457 e. The Morgan fingerprint density at radius 2 is 1.19 bits per heavy atom. The van der Waals surface area contributed by atoms with Crippen LogP contribution in [-0.2, 0) is 31.9 Å². The molecule has 0 saturated carbocycles. The third kappa shape index (κ3) is 8.19. The van der Waals surface area contributed by atoms with Gasteiger partial charge in [-0.3, -0.25) is 9.59 Å². The number of aromatic amines is 2. The number of fused-ring (bicyclic) bond motifs is 2. The fourth-order valence-corrected chi connectivity index (χ4v) is 8.14. The number of nitrogens with one attached hydrogen (secondary N) is 4. The molecule has 4 aromatic rings. The Morgan fingerprint density at radius 3 is 1.70 bits per heavy atom. The van der Waals surface area contributed by atoms with Gasteiger partial charge >= 0.3 is 12.2 Å². The van der Waals surface area contributed by atoms with Gasteiger partial charge in [-0.05, 0) is 85.8 Å². The third-order valence-corrected chi connectivity index (χ3v) is 11.3. The summed E-state index contributed by atoms with van der Waals surface area (Å²) in [5.41, 5.74) is 5.72. The molecule has 2 aromatic heterocycles. The Kier molecular flexibility index (Phi) is 11.5. The minimum Gasteiger partial charge on any atom is -0.457 e. The van der Waals surface area contributed by atoms with E-state index in [0.29, 0.717) is 24.7 Å². The van der Waals surface area contributed by atoms with Crippen molar-refractivity contribution < 1.29 is 33.4 Å². The third-order valence-electron chi connectivity index (χ3n) is 11.3. The molecular formula is C42H52N8O7. The van der Waals surface area contributed by atoms with E-state index in [1.165, 1.54) is 14.2 Å². The van der Waals surface area contributed by atoms with Crippen molar-refractivity contribution in [2.24, 2.45) is 11.8 Å². The van der Waals surface area contributed by atoms with Crippen molar-refractivity contribution in [2.45, 2.75) is 90.4 Å². The first-order valence-electron chi connectivity index (χ1n) is 19.8. The van der Waals surface area contributed by atoms with E-state index < -0.39 is 24.3 Å². The molecule has 0 bridgehead atoms. The van der Waals surface area contributed by atoms with Crippen molar-refractivity contribution >= 4 is 24.0 Å². The highest BCUT2D eigenvalue weighted by atomic mass is 16.5. The summed E-state index contributed by atoms with van der Waals surface area (Å²) < 4.78 is 16.1. The Hall–Kier alpha value is -5.86. The van der Waals surface area contributed by atoms with Gasteiger partial charge in [-0.2, -0.15) is 0 Å². The molecule has 0 spiro atoms. The van der Waals surface area contributed by atoms with E-state index in [0.717, 1.165) is 83.7 Å². The van der Waals surface area contributed by atoms with Gasteiger partial charge in [-0.1, -0.05) is 39.8 Å². The molecule has 4 atom stereocenters. The van der Waals surface area contributed by atoms with Crippen molar-refractivity contribution in [1.29, 1.82) is 0 Å². The number of aryl methyl sites for hydroxylation is 2. The van der Waals surface area contributed by atoms with E-state index in [9.17, 15) is 19.2 Å². The highest BCUT2D eigenvalue weighted by molar-refractivity contribution is 5.87. The molecule has 0 aliphatic carbocycles. The molecule has 2 fully saturated rings. The van der Waals surface area contributed by atoms with E-state index in [1.54, 1.807) is 11.1 Å². The molecule has 3 aliphatic heterocycles. The van der Waals surface area contributed by atoms with E-state index >= 15 is 0 Å². The SMILES string of the molecule is COC(=O)N[C@H](C(=O)N1CCC[C@H]1c1ncc(-c2ccc3c(c2)CCc2ccc(-c4cnc([C@@H]5CCCN5C(=O)[C@@H](NC(=O)OC)C(C)C)[nH]4)cc2O3)[nH]1)C(C)C. The van der Waals surface area contributed by atoms with Crippen LogP contribution in [0.3, 0.4) is 0 Å². The molecule has 2 saturated heterocycles. The Morgan fingerprint density at radius 1 is 0.702 bits per heavy atom. The molecule has 7 rings (SSSR count). The number of nitrogens with zero attached hydrogens (tertiary/aromatic N) is 4. The lowest BCUT2D eigenvalue weighted by Gasteiger charge is -2.30. The standard InChI is InChI=1S/C42H52N8O7/c1-23(2)35(47-41(53)55-5)39(51)49-17-7-9-31(49)37-43-21-29(45-37)26-15-16-33-28(19-26)14-12-25-11-13-27(20-34(25)57-33)30-22-44-38(46-30)32-10-8-18-50(32)40(52)36(24(3)4)48-42(54)56-6/h11,13,15-16,19-24,31-32,35-36H,7-10,12,14,17-18H2,1-6H3,(H,43,45)(H,44,46)(H,47,53)(H,48,54)/t31-,32-,35-,36-/m0/s1. The quantitative estimate of drug-likeness (QED) is 0.141. The summed E-state index contributed by atoms with van der Waals surface area (Å²) in [5, 5.41) is 5.40. The lowest BCUT2D eigenvalue weighted by atomic mass is 10.0. The monoisotopic (exact) mass is 780 g/mol. The summed E-state index contributed by atoms with van der Waals surface area (Å²) >= 11 is 0. The number of methoxy groups -OCH3 is 2. The van der Waals surface area contributed by atoms with Crippen LogP contribution in [-0.4, -0.2) is 93.1 Å². The number of rotatable bonds is 10. The average molecular weight is 781 g/mol. The zero-order valence-electron chi connectivity index (χ0n) is 33.4. The lowest BCUT2D eigenvalue weighted by molar-refractivity contribution is -0.136. The highest BCUT2D eigenvalue weighted by Crippen LogP contribution is 2.39. The van der Waals surface area contributed by atoms with Crippen LogP contribution in [0, 0.1) is 11.8 Å². The molecule has 15 nitrogen and oxygen atoms in total. The molecule has 4 amide bonds. The number of aromatic nitrogens is 4. The summed E-state index contributed by atoms with van der Waals surface area (Å²) in [7, 11) is 2.58. The molecule has 3 aliphatic rings. The zero-order chi connectivity index (χ0) is 40.4. The summed E-state index contributed by atoms with van der Waals surface area (Å²) in [6, 6.07) is 10.5. The van der Waals surface area contributed by atoms with Gasteiger partial charge in [-0.25, -0.2) is 19.6 Å². The van der Waals surface area contributed by atoms with Gasteiger partial charge in [0.1, 0.15) is 35.2 Å². The van der Waals surface area contributed by atoms with Crippen molar-refractivity contribution in [3.63, 3.8) is 0 Å². The van der Waals surface area contributed by atoms with Crippen LogP contribution in [0.25, 0.3) is 22.5 Å². The number of H-pyrrole nitrogens is 2. The number of likely N-dealkylation sites (tertiary alicyclic amines) is 2.